The summed E-state index contributed by atoms with van der Waals surface area (Å²) in [5.41, 5.74) is 0. The molecule has 2 aromatic rings. The van der Waals surface area contributed by atoms with E-state index in [0.717, 1.165) is 24.5 Å². The highest BCUT2D eigenvalue weighted by Crippen LogP contribution is 2.27. The number of sulfonamides is 1. The Morgan fingerprint density at radius 2 is 2.00 bits per heavy atom. The number of nitrogens with zero attached hydrogens (tertiary/aromatic N) is 7. The SMILES string of the molecule is Cn1c(Cn2cncn2)nnc1C1CCN(S(C)(=O)=O)CC1. The monoisotopic (exact) mass is 325 g/mol. The van der Waals surface area contributed by atoms with Crippen LogP contribution in [0, 0.1) is 0 Å². The lowest BCUT2D eigenvalue weighted by Gasteiger charge is -2.29. The van der Waals surface area contributed by atoms with Crippen LogP contribution in [0.3, 0.4) is 0 Å². The summed E-state index contributed by atoms with van der Waals surface area (Å²) in [6, 6.07) is 0. The van der Waals surface area contributed by atoms with Crippen LogP contribution in [0.2, 0.25) is 0 Å². The van der Waals surface area contributed by atoms with E-state index in [2.05, 4.69) is 20.3 Å². The van der Waals surface area contributed by atoms with Crippen molar-refractivity contribution in [2.24, 2.45) is 7.05 Å². The summed E-state index contributed by atoms with van der Waals surface area (Å²) in [5.74, 6) is 1.95. The number of piperidine rings is 1. The molecule has 0 radical (unpaired) electrons. The predicted molar refractivity (Wildman–Crippen MR) is 78.5 cm³/mol. The molecule has 0 spiro atoms. The fourth-order valence-corrected chi connectivity index (χ4v) is 3.65. The minimum Gasteiger partial charge on any atom is -0.316 e. The molecule has 0 unspecified atom stereocenters. The van der Waals surface area contributed by atoms with Gasteiger partial charge in [0.1, 0.15) is 25.0 Å². The summed E-state index contributed by atoms with van der Waals surface area (Å²) in [5, 5.41) is 12.6. The van der Waals surface area contributed by atoms with Gasteiger partial charge in [0.15, 0.2) is 5.82 Å². The molecule has 3 heterocycles. The van der Waals surface area contributed by atoms with Gasteiger partial charge in [0.25, 0.3) is 0 Å². The van der Waals surface area contributed by atoms with Crippen molar-refractivity contribution in [1.29, 1.82) is 0 Å². The number of hydrogen-bond acceptors (Lipinski definition) is 6. The topological polar surface area (TPSA) is 98.8 Å². The van der Waals surface area contributed by atoms with Crippen molar-refractivity contribution in [1.82, 2.24) is 33.8 Å². The Morgan fingerprint density at radius 3 is 2.59 bits per heavy atom. The molecular formula is C12H19N7O2S. The zero-order chi connectivity index (χ0) is 15.7. The number of rotatable bonds is 4. The van der Waals surface area contributed by atoms with Crippen LogP contribution in [-0.2, 0) is 23.6 Å². The van der Waals surface area contributed by atoms with E-state index >= 15 is 0 Å². The molecule has 0 atom stereocenters. The van der Waals surface area contributed by atoms with Gasteiger partial charge in [-0.3, -0.25) is 0 Å². The van der Waals surface area contributed by atoms with E-state index < -0.39 is 10.0 Å². The van der Waals surface area contributed by atoms with Gasteiger partial charge in [0.05, 0.1) is 6.26 Å². The van der Waals surface area contributed by atoms with Crippen molar-refractivity contribution in [3.05, 3.63) is 24.3 Å². The molecule has 0 aromatic carbocycles. The molecule has 1 saturated heterocycles. The Kier molecular flexibility index (Phi) is 3.96. The third kappa shape index (κ3) is 3.02. The van der Waals surface area contributed by atoms with Gasteiger partial charge in [0.2, 0.25) is 10.0 Å². The predicted octanol–water partition coefficient (Wildman–Crippen LogP) is -0.406. The molecule has 3 rings (SSSR count). The van der Waals surface area contributed by atoms with Gasteiger partial charge in [-0.05, 0) is 12.8 Å². The zero-order valence-electron chi connectivity index (χ0n) is 12.6. The van der Waals surface area contributed by atoms with Gasteiger partial charge in [-0.25, -0.2) is 22.4 Å². The molecule has 1 fully saturated rings. The fraction of sp³-hybridized carbons (Fsp3) is 0.667. The van der Waals surface area contributed by atoms with E-state index in [4.69, 9.17) is 0 Å². The fourth-order valence-electron chi connectivity index (χ4n) is 2.77. The summed E-state index contributed by atoms with van der Waals surface area (Å²) in [6.07, 6.45) is 5.91. The van der Waals surface area contributed by atoms with Crippen molar-refractivity contribution < 1.29 is 8.42 Å². The summed E-state index contributed by atoms with van der Waals surface area (Å²) in [4.78, 5) is 3.91. The molecule has 0 saturated carbocycles. The van der Waals surface area contributed by atoms with E-state index in [-0.39, 0.29) is 5.92 Å². The lowest BCUT2D eigenvalue weighted by molar-refractivity contribution is 0.312. The molecule has 0 amide bonds. The second-order valence-corrected chi connectivity index (χ2v) is 7.55. The average Bonchev–Trinajstić information content (AvgIpc) is 3.10. The summed E-state index contributed by atoms with van der Waals surface area (Å²) >= 11 is 0. The van der Waals surface area contributed by atoms with Crippen molar-refractivity contribution in [2.75, 3.05) is 19.3 Å². The van der Waals surface area contributed by atoms with E-state index in [9.17, 15) is 8.42 Å². The normalized spacial score (nSPS) is 17.9. The van der Waals surface area contributed by atoms with Crippen LogP contribution in [0.4, 0.5) is 0 Å². The van der Waals surface area contributed by atoms with Gasteiger partial charge in [-0.1, -0.05) is 0 Å². The first-order valence-corrected chi connectivity index (χ1v) is 8.95. The summed E-state index contributed by atoms with van der Waals surface area (Å²) in [7, 11) is -1.16. The molecule has 1 aliphatic rings. The second-order valence-electron chi connectivity index (χ2n) is 5.56. The van der Waals surface area contributed by atoms with Crippen molar-refractivity contribution >= 4 is 10.0 Å². The highest BCUT2D eigenvalue weighted by Gasteiger charge is 2.28. The quantitative estimate of drug-likeness (QED) is 0.758. The summed E-state index contributed by atoms with van der Waals surface area (Å²) in [6.45, 7) is 1.59. The Labute approximate surface area is 129 Å². The van der Waals surface area contributed by atoms with Gasteiger partial charge >= 0.3 is 0 Å². The third-order valence-electron chi connectivity index (χ3n) is 4.06. The Hall–Kier alpha value is -1.81. The van der Waals surface area contributed by atoms with Crippen LogP contribution in [0.15, 0.2) is 12.7 Å². The lowest BCUT2D eigenvalue weighted by Crippen LogP contribution is -2.37. The van der Waals surface area contributed by atoms with Gasteiger partial charge in [0, 0.05) is 26.1 Å². The lowest BCUT2D eigenvalue weighted by atomic mass is 9.97. The van der Waals surface area contributed by atoms with Crippen LogP contribution < -0.4 is 0 Å². The van der Waals surface area contributed by atoms with Gasteiger partial charge < -0.3 is 4.57 Å². The van der Waals surface area contributed by atoms with Gasteiger partial charge in [-0.2, -0.15) is 5.10 Å². The molecule has 9 nitrogen and oxygen atoms in total. The van der Waals surface area contributed by atoms with Crippen molar-refractivity contribution in [3.8, 4) is 0 Å². The van der Waals surface area contributed by atoms with Crippen LogP contribution in [-0.4, -0.2) is 61.6 Å². The highest BCUT2D eigenvalue weighted by molar-refractivity contribution is 7.88. The Bertz CT molecular complexity index is 730. The van der Waals surface area contributed by atoms with E-state index in [0.29, 0.717) is 19.6 Å². The zero-order valence-corrected chi connectivity index (χ0v) is 13.4. The van der Waals surface area contributed by atoms with Crippen molar-refractivity contribution in [3.63, 3.8) is 0 Å². The van der Waals surface area contributed by atoms with Crippen LogP contribution >= 0.6 is 0 Å². The second kappa shape index (κ2) is 5.76. The van der Waals surface area contributed by atoms with E-state index in [1.165, 1.54) is 16.9 Å². The maximum Gasteiger partial charge on any atom is 0.211 e. The molecule has 1 aliphatic heterocycles. The maximum absolute atomic E-state index is 11.6. The van der Waals surface area contributed by atoms with Crippen LogP contribution in [0.25, 0.3) is 0 Å². The molecule has 10 heteroatoms. The average molecular weight is 325 g/mol. The molecule has 0 bridgehead atoms. The first-order chi connectivity index (χ1) is 10.4. The van der Waals surface area contributed by atoms with E-state index in [1.807, 2.05) is 11.6 Å². The molecule has 0 N–H and O–H groups in total. The first kappa shape index (κ1) is 15.1. The molecular weight excluding hydrogens is 306 g/mol. The number of aromatic nitrogens is 6. The van der Waals surface area contributed by atoms with Crippen LogP contribution in [0.5, 0.6) is 0 Å². The Morgan fingerprint density at radius 1 is 1.27 bits per heavy atom. The molecule has 22 heavy (non-hydrogen) atoms. The largest absolute Gasteiger partial charge is 0.316 e. The van der Waals surface area contributed by atoms with Gasteiger partial charge in [-0.15, -0.1) is 10.2 Å². The summed E-state index contributed by atoms with van der Waals surface area (Å²) < 4.78 is 28.3. The minimum absolute atomic E-state index is 0.236. The minimum atomic E-state index is -3.10. The van der Waals surface area contributed by atoms with Crippen molar-refractivity contribution in [2.45, 2.75) is 25.3 Å². The molecule has 0 aliphatic carbocycles. The molecule has 120 valence electrons. The smallest absolute Gasteiger partial charge is 0.211 e. The Balaban J connectivity index is 1.70. The maximum atomic E-state index is 11.6. The van der Waals surface area contributed by atoms with E-state index in [1.54, 1.807) is 11.0 Å². The number of hydrogen-bond donors (Lipinski definition) is 0. The highest BCUT2D eigenvalue weighted by atomic mass is 32.2. The standard InChI is InChI=1S/C12H19N7O2S/c1-17-11(7-18-9-13-8-14-18)15-16-12(17)10-3-5-19(6-4-10)22(2,20)21/h8-10H,3-7H2,1-2H3. The third-order valence-corrected chi connectivity index (χ3v) is 5.36. The first-order valence-electron chi connectivity index (χ1n) is 7.11. The van der Waals surface area contributed by atoms with Crippen LogP contribution in [0.1, 0.15) is 30.4 Å². The molecule has 2 aromatic heterocycles.